The van der Waals surface area contributed by atoms with Crippen molar-refractivity contribution in [3.63, 3.8) is 0 Å². The molecule has 1 aromatic heterocycles. The van der Waals surface area contributed by atoms with Crippen LogP contribution in [-0.2, 0) is 16.1 Å². The summed E-state index contributed by atoms with van der Waals surface area (Å²) in [7, 11) is 0. The number of imidazole rings is 1. The molecule has 0 spiro atoms. The molecule has 1 aliphatic heterocycles. The molecule has 0 atom stereocenters. The Bertz CT molecular complexity index is 1090. The quantitative estimate of drug-likeness (QED) is 0.535. The van der Waals surface area contributed by atoms with Crippen LogP contribution in [0.3, 0.4) is 0 Å². The third-order valence-electron chi connectivity index (χ3n) is 5.53. The average Bonchev–Trinajstić information content (AvgIpc) is 3.19. The number of rotatable bonds is 7. The van der Waals surface area contributed by atoms with Crippen molar-refractivity contribution in [1.82, 2.24) is 19.8 Å². The van der Waals surface area contributed by atoms with Crippen molar-refractivity contribution in [2.45, 2.75) is 18.6 Å². The van der Waals surface area contributed by atoms with Gasteiger partial charge in [-0.1, -0.05) is 35.5 Å². The second-order valence-electron chi connectivity index (χ2n) is 7.54. The van der Waals surface area contributed by atoms with Crippen LogP contribution in [0.4, 0.5) is 5.69 Å². The van der Waals surface area contributed by atoms with Gasteiger partial charge in [0.05, 0.1) is 23.3 Å². The number of amides is 2. The van der Waals surface area contributed by atoms with Crippen molar-refractivity contribution in [3.8, 4) is 0 Å². The van der Waals surface area contributed by atoms with E-state index in [1.54, 1.807) is 4.90 Å². The van der Waals surface area contributed by atoms with Gasteiger partial charge in [0.15, 0.2) is 5.16 Å². The third-order valence-corrected chi connectivity index (χ3v) is 6.76. The first kappa shape index (κ1) is 22.5. The van der Waals surface area contributed by atoms with Gasteiger partial charge in [-0.25, -0.2) is 4.98 Å². The van der Waals surface area contributed by atoms with E-state index in [4.69, 9.17) is 11.6 Å². The van der Waals surface area contributed by atoms with Crippen molar-refractivity contribution in [2.75, 3.05) is 43.4 Å². The summed E-state index contributed by atoms with van der Waals surface area (Å²) < 4.78 is 2.10. The van der Waals surface area contributed by atoms with Crippen LogP contribution >= 0.6 is 23.4 Å². The van der Waals surface area contributed by atoms with Gasteiger partial charge in [0, 0.05) is 43.4 Å². The number of carbonyl (C=O) groups excluding carboxylic acids is 2. The number of para-hydroxylation sites is 2. The van der Waals surface area contributed by atoms with E-state index >= 15 is 0 Å². The molecule has 1 aliphatic rings. The molecule has 32 heavy (non-hydrogen) atoms. The van der Waals surface area contributed by atoms with Gasteiger partial charge in [0.2, 0.25) is 11.8 Å². The summed E-state index contributed by atoms with van der Waals surface area (Å²) in [6.45, 7) is 5.63. The zero-order valence-corrected chi connectivity index (χ0v) is 19.5. The summed E-state index contributed by atoms with van der Waals surface area (Å²) in [4.78, 5) is 33.5. The SMILES string of the molecule is CCn1c(SCC(=O)NCC(=O)N2CCN(c3ccc(Cl)cc3)CC2)nc2ccccc21. The van der Waals surface area contributed by atoms with Gasteiger partial charge in [-0.15, -0.1) is 0 Å². The number of benzene rings is 2. The lowest BCUT2D eigenvalue weighted by molar-refractivity contribution is -0.132. The smallest absolute Gasteiger partial charge is 0.242 e. The van der Waals surface area contributed by atoms with Crippen LogP contribution in [-0.4, -0.2) is 64.7 Å². The highest BCUT2D eigenvalue weighted by Gasteiger charge is 2.21. The Hall–Kier alpha value is -2.71. The summed E-state index contributed by atoms with van der Waals surface area (Å²) in [5.41, 5.74) is 3.08. The van der Waals surface area contributed by atoms with E-state index in [0.29, 0.717) is 18.1 Å². The summed E-state index contributed by atoms with van der Waals surface area (Å²) in [6, 6.07) is 15.7. The molecule has 4 rings (SSSR count). The highest BCUT2D eigenvalue weighted by Crippen LogP contribution is 2.24. The molecule has 0 saturated carbocycles. The Balaban J connectivity index is 1.22. The number of fused-ring (bicyclic) bond motifs is 1. The molecule has 7 nitrogen and oxygen atoms in total. The molecule has 1 fully saturated rings. The zero-order valence-electron chi connectivity index (χ0n) is 18.0. The first-order valence-corrected chi connectivity index (χ1v) is 12.0. The van der Waals surface area contributed by atoms with E-state index in [2.05, 4.69) is 26.7 Å². The molecule has 168 valence electrons. The molecule has 2 amide bonds. The van der Waals surface area contributed by atoms with Crippen LogP contribution in [0.25, 0.3) is 11.0 Å². The van der Waals surface area contributed by atoms with Gasteiger partial charge < -0.3 is 19.7 Å². The van der Waals surface area contributed by atoms with Gasteiger partial charge >= 0.3 is 0 Å². The molecule has 1 saturated heterocycles. The number of aryl methyl sites for hydroxylation is 1. The van der Waals surface area contributed by atoms with Crippen molar-refractivity contribution in [2.24, 2.45) is 0 Å². The fraction of sp³-hybridized carbons (Fsp3) is 0.348. The zero-order chi connectivity index (χ0) is 22.5. The molecule has 2 aromatic carbocycles. The molecule has 1 N–H and O–H groups in total. The topological polar surface area (TPSA) is 70.5 Å². The minimum absolute atomic E-state index is 0.0184. The maximum Gasteiger partial charge on any atom is 0.242 e. The lowest BCUT2D eigenvalue weighted by atomic mass is 10.2. The molecule has 2 heterocycles. The number of halogens is 1. The summed E-state index contributed by atoms with van der Waals surface area (Å²) in [5.74, 6) is -0.00113. The fourth-order valence-corrected chi connectivity index (χ4v) is 4.84. The minimum atomic E-state index is -0.169. The maximum atomic E-state index is 12.5. The van der Waals surface area contributed by atoms with E-state index in [1.165, 1.54) is 11.8 Å². The maximum absolute atomic E-state index is 12.5. The normalized spacial score (nSPS) is 14.1. The first-order valence-electron chi connectivity index (χ1n) is 10.7. The average molecular weight is 472 g/mol. The van der Waals surface area contributed by atoms with Crippen LogP contribution in [0.1, 0.15) is 6.92 Å². The number of hydrogen-bond acceptors (Lipinski definition) is 5. The molecule has 0 unspecified atom stereocenters. The predicted molar refractivity (Wildman–Crippen MR) is 129 cm³/mol. The minimum Gasteiger partial charge on any atom is -0.368 e. The second kappa shape index (κ2) is 10.3. The summed E-state index contributed by atoms with van der Waals surface area (Å²) in [5, 5.41) is 4.28. The number of anilines is 1. The van der Waals surface area contributed by atoms with Gasteiger partial charge in [-0.3, -0.25) is 9.59 Å². The van der Waals surface area contributed by atoms with E-state index in [9.17, 15) is 9.59 Å². The lowest BCUT2D eigenvalue weighted by Crippen LogP contribution is -2.51. The lowest BCUT2D eigenvalue weighted by Gasteiger charge is -2.36. The van der Waals surface area contributed by atoms with Gasteiger partial charge in [0.1, 0.15) is 0 Å². The number of piperazine rings is 1. The Morgan fingerprint density at radius 3 is 2.50 bits per heavy atom. The Morgan fingerprint density at radius 2 is 1.78 bits per heavy atom. The standard InChI is InChI=1S/C23H26ClN5O2S/c1-2-29-20-6-4-3-5-19(20)26-23(29)32-16-21(30)25-15-22(31)28-13-11-27(12-14-28)18-9-7-17(24)8-10-18/h3-10H,2,11-16H2,1H3,(H,25,30). The number of aromatic nitrogens is 2. The Morgan fingerprint density at radius 1 is 1.06 bits per heavy atom. The molecule has 0 radical (unpaired) electrons. The van der Waals surface area contributed by atoms with Crippen LogP contribution < -0.4 is 10.2 Å². The largest absolute Gasteiger partial charge is 0.368 e. The van der Waals surface area contributed by atoms with Crippen LogP contribution in [0.2, 0.25) is 5.02 Å². The number of nitrogens with zero attached hydrogens (tertiary/aromatic N) is 4. The van der Waals surface area contributed by atoms with Crippen LogP contribution in [0.15, 0.2) is 53.7 Å². The van der Waals surface area contributed by atoms with E-state index in [0.717, 1.165) is 41.5 Å². The van der Waals surface area contributed by atoms with Crippen molar-refractivity contribution >= 4 is 51.9 Å². The van der Waals surface area contributed by atoms with Gasteiger partial charge in [0.25, 0.3) is 0 Å². The third kappa shape index (κ3) is 5.19. The summed E-state index contributed by atoms with van der Waals surface area (Å²) >= 11 is 7.34. The second-order valence-corrected chi connectivity index (χ2v) is 8.92. The van der Waals surface area contributed by atoms with E-state index in [-0.39, 0.29) is 24.1 Å². The van der Waals surface area contributed by atoms with Crippen molar-refractivity contribution < 1.29 is 9.59 Å². The Labute approximate surface area is 196 Å². The van der Waals surface area contributed by atoms with Crippen LogP contribution in [0.5, 0.6) is 0 Å². The molecule has 0 bridgehead atoms. The molecule has 9 heteroatoms. The highest BCUT2D eigenvalue weighted by atomic mass is 35.5. The van der Waals surface area contributed by atoms with Crippen molar-refractivity contribution in [1.29, 1.82) is 0 Å². The number of nitrogens with one attached hydrogen (secondary N) is 1. The fourth-order valence-electron chi connectivity index (χ4n) is 3.80. The van der Waals surface area contributed by atoms with Crippen LogP contribution in [0, 0.1) is 0 Å². The Kier molecular flexibility index (Phi) is 7.22. The van der Waals surface area contributed by atoms with Gasteiger partial charge in [-0.2, -0.15) is 0 Å². The number of hydrogen-bond donors (Lipinski definition) is 1. The molecular weight excluding hydrogens is 446 g/mol. The molecule has 3 aromatic rings. The molecular formula is C23H26ClN5O2S. The van der Waals surface area contributed by atoms with E-state index in [1.807, 2.05) is 48.5 Å². The predicted octanol–water partition coefficient (Wildman–Crippen LogP) is 3.27. The first-order chi connectivity index (χ1) is 15.5. The number of thioether (sulfide) groups is 1. The monoisotopic (exact) mass is 471 g/mol. The number of carbonyl (C=O) groups is 2. The van der Waals surface area contributed by atoms with Crippen molar-refractivity contribution in [3.05, 3.63) is 53.6 Å². The summed E-state index contributed by atoms with van der Waals surface area (Å²) in [6.07, 6.45) is 0. The van der Waals surface area contributed by atoms with Gasteiger partial charge in [-0.05, 0) is 43.3 Å². The molecule has 0 aliphatic carbocycles. The van der Waals surface area contributed by atoms with E-state index < -0.39 is 0 Å². The highest BCUT2D eigenvalue weighted by molar-refractivity contribution is 7.99.